The highest BCUT2D eigenvalue weighted by molar-refractivity contribution is 7.97. The smallest absolute Gasteiger partial charge is 0.222 e. The van der Waals surface area contributed by atoms with Crippen LogP contribution >= 0.6 is 11.9 Å². The fourth-order valence-corrected chi connectivity index (χ4v) is 2.19. The molecule has 80 valence electrons. The number of fused-ring (bicyclic) bond motifs is 1. The molecule has 2 rings (SSSR count). The van der Waals surface area contributed by atoms with E-state index in [1.165, 1.54) is 12.8 Å². The maximum absolute atomic E-state index is 5.53. The second-order valence-electron chi connectivity index (χ2n) is 3.19. The average Bonchev–Trinajstić information content (AvgIpc) is 2.62. The normalized spacial score (nSPS) is 11.0. The van der Waals surface area contributed by atoms with Crippen molar-refractivity contribution in [2.45, 2.75) is 19.8 Å². The maximum atomic E-state index is 5.53. The van der Waals surface area contributed by atoms with Gasteiger partial charge in [0.2, 0.25) is 5.95 Å². The van der Waals surface area contributed by atoms with E-state index in [1.807, 2.05) is 3.97 Å². The van der Waals surface area contributed by atoms with Crippen molar-refractivity contribution in [3.8, 4) is 0 Å². The summed E-state index contributed by atoms with van der Waals surface area (Å²) in [5.41, 5.74) is 7.11. The fraction of sp³-hybridized carbons (Fsp3) is 0.444. The monoisotopic (exact) mass is 223 g/mol. The van der Waals surface area contributed by atoms with Gasteiger partial charge in [0.05, 0.1) is 6.20 Å². The molecule has 15 heavy (non-hydrogen) atoms. The predicted octanol–water partition coefficient (Wildman–Crippen LogP) is 1.70. The van der Waals surface area contributed by atoms with Crippen molar-refractivity contribution in [2.24, 2.45) is 0 Å². The molecule has 0 saturated carbocycles. The molecule has 2 heterocycles. The average molecular weight is 223 g/mol. The van der Waals surface area contributed by atoms with E-state index in [-0.39, 0.29) is 0 Å². The van der Waals surface area contributed by atoms with Gasteiger partial charge in [0.25, 0.3) is 0 Å². The number of nitrogens with zero attached hydrogens (tertiary/aromatic N) is 4. The Morgan fingerprint density at radius 2 is 2.33 bits per heavy atom. The van der Waals surface area contributed by atoms with Crippen LogP contribution in [-0.4, -0.2) is 24.7 Å². The Kier molecular flexibility index (Phi) is 3.05. The van der Waals surface area contributed by atoms with Crippen LogP contribution in [-0.2, 0) is 0 Å². The van der Waals surface area contributed by atoms with Crippen molar-refractivity contribution in [3.63, 3.8) is 0 Å². The first-order valence-electron chi connectivity index (χ1n) is 4.90. The van der Waals surface area contributed by atoms with Crippen LogP contribution in [0.5, 0.6) is 0 Å². The van der Waals surface area contributed by atoms with Gasteiger partial charge in [-0.2, -0.15) is 4.98 Å². The van der Waals surface area contributed by atoms with Crippen molar-refractivity contribution in [3.05, 3.63) is 12.5 Å². The summed E-state index contributed by atoms with van der Waals surface area (Å²) in [6.07, 6.45) is 5.79. The Bertz CT molecular complexity index is 453. The Balaban J connectivity index is 2.23. The minimum atomic E-state index is 0.292. The minimum Gasteiger partial charge on any atom is -0.368 e. The zero-order valence-corrected chi connectivity index (χ0v) is 9.37. The van der Waals surface area contributed by atoms with E-state index in [4.69, 9.17) is 5.73 Å². The molecule has 0 fully saturated rings. The predicted molar refractivity (Wildman–Crippen MR) is 62.5 cm³/mol. The number of aromatic nitrogens is 4. The molecular formula is C9H13N5S. The molecule has 2 aromatic heterocycles. The van der Waals surface area contributed by atoms with Crippen LogP contribution in [0.4, 0.5) is 5.95 Å². The second kappa shape index (κ2) is 4.48. The molecule has 0 aliphatic heterocycles. The first-order chi connectivity index (χ1) is 7.31. The van der Waals surface area contributed by atoms with Crippen molar-refractivity contribution in [2.75, 3.05) is 11.5 Å². The SMILES string of the molecule is CCCCSn1cnc2cnc(N)nc21. The maximum Gasteiger partial charge on any atom is 0.222 e. The summed E-state index contributed by atoms with van der Waals surface area (Å²) in [4.78, 5) is 12.3. The zero-order valence-electron chi connectivity index (χ0n) is 8.55. The Morgan fingerprint density at radius 1 is 1.47 bits per heavy atom. The van der Waals surface area contributed by atoms with Crippen LogP contribution in [0.2, 0.25) is 0 Å². The lowest BCUT2D eigenvalue weighted by Crippen LogP contribution is -1.96. The lowest BCUT2D eigenvalue weighted by molar-refractivity contribution is 0.894. The van der Waals surface area contributed by atoms with E-state index < -0.39 is 0 Å². The molecule has 5 nitrogen and oxygen atoms in total. The van der Waals surface area contributed by atoms with E-state index in [2.05, 4.69) is 21.9 Å². The van der Waals surface area contributed by atoms with Gasteiger partial charge < -0.3 is 5.73 Å². The summed E-state index contributed by atoms with van der Waals surface area (Å²) < 4.78 is 1.95. The summed E-state index contributed by atoms with van der Waals surface area (Å²) in [6, 6.07) is 0. The van der Waals surface area contributed by atoms with E-state index in [0.717, 1.165) is 16.9 Å². The number of hydrogen-bond acceptors (Lipinski definition) is 5. The van der Waals surface area contributed by atoms with Gasteiger partial charge in [-0.25, -0.2) is 9.97 Å². The number of rotatable bonds is 4. The summed E-state index contributed by atoms with van der Waals surface area (Å²) in [5.74, 6) is 1.35. The highest BCUT2D eigenvalue weighted by Gasteiger charge is 2.05. The quantitative estimate of drug-likeness (QED) is 0.799. The first-order valence-corrected chi connectivity index (χ1v) is 5.84. The Hall–Kier alpha value is -1.30. The fourth-order valence-electron chi connectivity index (χ4n) is 1.20. The molecule has 0 saturated heterocycles. The van der Waals surface area contributed by atoms with E-state index >= 15 is 0 Å². The number of imidazole rings is 1. The molecular weight excluding hydrogens is 210 g/mol. The van der Waals surface area contributed by atoms with Crippen molar-refractivity contribution in [1.29, 1.82) is 0 Å². The number of nitrogen functional groups attached to an aromatic ring is 1. The molecule has 2 aromatic rings. The van der Waals surface area contributed by atoms with E-state index in [1.54, 1.807) is 24.5 Å². The molecule has 6 heteroatoms. The van der Waals surface area contributed by atoms with Crippen LogP contribution in [0.15, 0.2) is 12.5 Å². The molecule has 0 unspecified atom stereocenters. The minimum absolute atomic E-state index is 0.292. The zero-order chi connectivity index (χ0) is 10.7. The largest absolute Gasteiger partial charge is 0.368 e. The van der Waals surface area contributed by atoms with Gasteiger partial charge in [0.1, 0.15) is 11.8 Å². The molecule has 0 amide bonds. The molecule has 0 atom stereocenters. The van der Waals surface area contributed by atoms with Gasteiger partial charge in [-0.3, -0.25) is 3.97 Å². The van der Waals surface area contributed by atoms with Gasteiger partial charge in [-0.05, 0) is 18.4 Å². The van der Waals surface area contributed by atoms with E-state index in [9.17, 15) is 0 Å². The lowest BCUT2D eigenvalue weighted by Gasteiger charge is -2.01. The van der Waals surface area contributed by atoms with Crippen LogP contribution in [0.25, 0.3) is 11.2 Å². The summed E-state index contributed by atoms with van der Waals surface area (Å²) in [6.45, 7) is 2.17. The van der Waals surface area contributed by atoms with Crippen molar-refractivity contribution < 1.29 is 0 Å². The summed E-state index contributed by atoms with van der Waals surface area (Å²) >= 11 is 1.70. The number of nitrogens with two attached hydrogens (primary N) is 1. The van der Waals surface area contributed by atoms with Crippen molar-refractivity contribution >= 4 is 29.1 Å². The topological polar surface area (TPSA) is 69.6 Å². The van der Waals surface area contributed by atoms with Crippen LogP contribution in [0, 0.1) is 0 Å². The number of hydrogen-bond donors (Lipinski definition) is 1. The highest BCUT2D eigenvalue weighted by atomic mass is 32.2. The number of anilines is 1. The van der Waals surface area contributed by atoms with Crippen LogP contribution in [0.3, 0.4) is 0 Å². The number of unbranched alkanes of at least 4 members (excludes halogenated alkanes) is 1. The van der Waals surface area contributed by atoms with Gasteiger partial charge >= 0.3 is 0 Å². The van der Waals surface area contributed by atoms with Gasteiger partial charge in [0.15, 0.2) is 5.65 Å². The van der Waals surface area contributed by atoms with Crippen LogP contribution < -0.4 is 5.73 Å². The third-order valence-electron chi connectivity index (χ3n) is 2.01. The molecule has 0 aromatic carbocycles. The molecule has 0 aliphatic carbocycles. The van der Waals surface area contributed by atoms with Gasteiger partial charge in [0, 0.05) is 5.75 Å². The molecule has 0 aliphatic rings. The van der Waals surface area contributed by atoms with E-state index in [0.29, 0.717) is 5.95 Å². The standard InChI is InChI=1S/C9H13N5S/c1-2-3-4-15-14-6-12-7-5-11-9(10)13-8(7)14/h5-6H,2-4H2,1H3,(H2,10,11,13). The highest BCUT2D eigenvalue weighted by Crippen LogP contribution is 2.17. The molecule has 0 bridgehead atoms. The third-order valence-corrected chi connectivity index (χ3v) is 3.02. The molecule has 0 spiro atoms. The molecule has 0 radical (unpaired) electrons. The Morgan fingerprint density at radius 3 is 3.13 bits per heavy atom. The van der Waals surface area contributed by atoms with Crippen molar-refractivity contribution in [1.82, 2.24) is 18.9 Å². The second-order valence-corrected chi connectivity index (χ2v) is 4.25. The summed E-state index contributed by atoms with van der Waals surface area (Å²) in [7, 11) is 0. The van der Waals surface area contributed by atoms with Gasteiger partial charge in [-0.15, -0.1) is 0 Å². The summed E-state index contributed by atoms with van der Waals surface area (Å²) in [5, 5.41) is 0. The lowest BCUT2D eigenvalue weighted by atomic mass is 10.4. The van der Waals surface area contributed by atoms with Gasteiger partial charge in [-0.1, -0.05) is 13.3 Å². The third kappa shape index (κ3) is 2.20. The Labute approximate surface area is 92.2 Å². The first kappa shape index (κ1) is 10.2. The molecule has 2 N–H and O–H groups in total. The van der Waals surface area contributed by atoms with Crippen LogP contribution in [0.1, 0.15) is 19.8 Å².